The second-order valence-corrected chi connectivity index (χ2v) is 8.13. The molecule has 1 atom stereocenters. The molecule has 0 spiro atoms. The van der Waals surface area contributed by atoms with Crippen LogP contribution in [0.4, 0.5) is 35.2 Å². The maximum Gasteiger partial charge on any atom is 0.416 e. The Morgan fingerprint density at radius 2 is 1.86 bits per heavy atom. The first-order valence-corrected chi connectivity index (χ1v) is 10.8. The molecule has 5 rings (SSSR count). The summed E-state index contributed by atoms with van der Waals surface area (Å²) in [6, 6.07) is 10.8. The quantitative estimate of drug-likeness (QED) is 0.345. The van der Waals surface area contributed by atoms with Gasteiger partial charge in [0.2, 0.25) is 0 Å². The summed E-state index contributed by atoms with van der Waals surface area (Å²) in [5.41, 5.74) is 7.83. The molecule has 35 heavy (non-hydrogen) atoms. The van der Waals surface area contributed by atoms with Crippen LogP contribution in [0.25, 0.3) is 22.3 Å². The molecule has 2 amide bonds. The lowest BCUT2D eigenvalue weighted by molar-refractivity contribution is -0.137. The van der Waals surface area contributed by atoms with Crippen molar-refractivity contribution in [3.8, 4) is 11.3 Å². The molecule has 0 aliphatic carbocycles. The van der Waals surface area contributed by atoms with Gasteiger partial charge in [0.15, 0.2) is 5.65 Å². The van der Waals surface area contributed by atoms with Crippen LogP contribution in [0.5, 0.6) is 0 Å². The van der Waals surface area contributed by atoms with Gasteiger partial charge < -0.3 is 21.7 Å². The number of nitrogens with zero attached hydrogens (tertiary/aromatic N) is 4. The van der Waals surface area contributed by atoms with Crippen LogP contribution in [-0.4, -0.2) is 38.9 Å². The summed E-state index contributed by atoms with van der Waals surface area (Å²) in [6.45, 7) is 1.68. The molecule has 2 aromatic carbocycles. The number of carbonyl (C=O) groups is 1. The Bertz CT molecular complexity index is 1380. The second kappa shape index (κ2) is 8.87. The van der Waals surface area contributed by atoms with Gasteiger partial charge in [0.1, 0.15) is 17.8 Å². The van der Waals surface area contributed by atoms with Gasteiger partial charge in [-0.1, -0.05) is 18.2 Å². The first-order chi connectivity index (χ1) is 16.8. The first kappa shape index (κ1) is 22.6. The predicted octanol–water partition coefficient (Wildman–Crippen LogP) is 4.27. The minimum absolute atomic E-state index is 0.0304. The molecule has 5 N–H and O–H groups in total. The third-order valence-electron chi connectivity index (χ3n) is 5.76. The number of benzene rings is 2. The van der Waals surface area contributed by atoms with Gasteiger partial charge in [-0.2, -0.15) is 18.3 Å². The van der Waals surface area contributed by atoms with Gasteiger partial charge in [0, 0.05) is 23.5 Å². The summed E-state index contributed by atoms with van der Waals surface area (Å²) in [4.78, 5) is 20.8. The Balaban J connectivity index is 1.36. The van der Waals surface area contributed by atoms with E-state index in [9.17, 15) is 18.0 Å². The molecule has 0 unspecified atom stereocenters. The van der Waals surface area contributed by atoms with Crippen LogP contribution >= 0.6 is 0 Å². The fourth-order valence-electron chi connectivity index (χ4n) is 4.08. The minimum atomic E-state index is -4.50. The van der Waals surface area contributed by atoms with Gasteiger partial charge in [0.05, 0.1) is 17.0 Å². The number of amides is 2. The van der Waals surface area contributed by atoms with Gasteiger partial charge in [-0.25, -0.2) is 19.4 Å². The van der Waals surface area contributed by atoms with Gasteiger partial charge in [-0.15, -0.1) is 0 Å². The standard InChI is InChI=1S/C23H21F3N8O/c24-23(25,26)14-2-1-3-16(10-14)32-22(35)31-15-6-4-13(5-7-15)19-18-20(27)29-12-30-21(18)34(33-19)17-8-9-28-11-17/h1-7,10,12,17,28H,8-9,11H2,(H2,27,29,30)(H2,31,32,35)/t17-/m0/s1. The Kier molecular flexibility index (Phi) is 5.73. The molecule has 1 aliphatic rings. The normalized spacial score (nSPS) is 15.9. The molecule has 2 aromatic heterocycles. The van der Waals surface area contributed by atoms with E-state index in [0.717, 1.165) is 37.2 Å². The summed E-state index contributed by atoms with van der Waals surface area (Å²) in [6.07, 6.45) is -2.16. The highest BCUT2D eigenvalue weighted by atomic mass is 19.4. The van der Waals surface area contributed by atoms with E-state index >= 15 is 0 Å². The van der Waals surface area contributed by atoms with Crippen molar-refractivity contribution in [3.05, 3.63) is 60.4 Å². The van der Waals surface area contributed by atoms with Gasteiger partial charge in [0.25, 0.3) is 0 Å². The summed E-state index contributed by atoms with van der Waals surface area (Å²) in [7, 11) is 0. The number of hydrogen-bond acceptors (Lipinski definition) is 6. The lowest BCUT2D eigenvalue weighted by Crippen LogP contribution is -2.19. The third-order valence-corrected chi connectivity index (χ3v) is 5.76. The number of nitrogens with two attached hydrogens (primary N) is 1. The van der Waals surface area contributed by atoms with Gasteiger partial charge >= 0.3 is 12.2 Å². The summed E-state index contributed by atoms with van der Waals surface area (Å²) < 4.78 is 40.5. The van der Waals surface area contributed by atoms with E-state index in [-0.39, 0.29) is 11.7 Å². The molecule has 9 nitrogen and oxygen atoms in total. The third kappa shape index (κ3) is 4.60. The van der Waals surface area contributed by atoms with Crippen molar-refractivity contribution in [3.63, 3.8) is 0 Å². The number of nitrogen functional groups attached to an aromatic ring is 1. The van der Waals surface area contributed by atoms with Crippen LogP contribution < -0.4 is 21.7 Å². The van der Waals surface area contributed by atoms with Crippen LogP contribution in [0.15, 0.2) is 54.9 Å². The summed E-state index contributed by atoms with van der Waals surface area (Å²) in [5.74, 6) is 0.324. The number of anilines is 3. The molecule has 4 aromatic rings. The molecular formula is C23H21F3N8O. The fraction of sp³-hybridized carbons (Fsp3) is 0.217. The number of rotatable bonds is 4. The summed E-state index contributed by atoms with van der Waals surface area (Å²) >= 11 is 0. The lowest BCUT2D eigenvalue weighted by Gasteiger charge is -2.11. The largest absolute Gasteiger partial charge is 0.416 e. The highest BCUT2D eigenvalue weighted by Gasteiger charge is 2.30. The second-order valence-electron chi connectivity index (χ2n) is 8.13. The Morgan fingerprint density at radius 1 is 1.09 bits per heavy atom. The van der Waals surface area contributed by atoms with Crippen molar-refractivity contribution in [2.24, 2.45) is 0 Å². The number of carbonyl (C=O) groups excluding carboxylic acids is 1. The van der Waals surface area contributed by atoms with Crippen LogP contribution in [0.2, 0.25) is 0 Å². The van der Waals surface area contributed by atoms with E-state index < -0.39 is 17.8 Å². The van der Waals surface area contributed by atoms with E-state index in [2.05, 4.69) is 25.9 Å². The highest BCUT2D eigenvalue weighted by Crippen LogP contribution is 2.33. The first-order valence-electron chi connectivity index (χ1n) is 10.8. The smallest absolute Gasteiger partial charge is 0.383 e. The maximum absolute atomic E-state index is 12.9. The van der Waals surface area contributed by atoms with Crippen LogP contribution in [0.1, 0.15) is 18.0 Å². The molecule has 1 saturated heterocycles. The number of alkyl halides is 3. The van der Waals surface area contributed by atoms with Crippen LogP contribution in [0, 0.1) is 0 Å². The number of hydrogen-bond donors (Lipinski definition) is 4. The molecule has 12 heteroatoms. The van der Waals surface area contributed by atoms with E-state index in [1.807, 2.05) is 4.68 Å². The molecule has 3 heterocycles. The molecule has 0 radical (unpaired) electrons. The van der Waals surface area contributed by atoms with Crippen LogP contribution in [-0.2, 0) is 6.18 Å². The number of urea groups is 1. The number of fused-ring (bicyclic) bond motifs is 1. The highest BCUT2D eigenvalue weighted by molar-refractivity contribution is 6.01. The summed E-state index contributed by atoms with van der Waals surface area (Å²) in [5, 5.41) is 13.8. The maximum atomic E-state index is 12.9. The Labute approximate surface area is 197 Å². The molecule has 180 valence electrons. The zero-order chi connectivity index (χ0) is 24.6. The van der Waals surface area contributed by atoms with Crippen molar-refractivity contribution >= 4 is 34.3 Å². The SMILES string of the molecule is Nc1ncnc2c1c(-c1ccc(NC(=O)Nc3cccc(C(F)(F)F)c3)cc1)nn2[C@H]1CCNC1. The molecule has 1 aliphatic heterocycles. The molecule has 1 fully saturated rings. The van der Waals surface area contributed by atoms with Crippen molar-refractivity contribution in [1.29, 1.82) is 0 Å². The Hall–Kier alpha value is -4.19. The molecule has 0 saturated carbocycles. The zero-order valence-electron chi connectivity index (χ0n) is 18.3. The average molecular weight is 482 g/mol. The van der Waals surface area contributed by atoms with E-state index in [1.165, 1.54) is 18.5 Å². The Morgan fingerprint density at radius 3 is 2.57 bits per heavy atom. The van der Waals surface area contributed by atoms with Crippen molar-refractivity contribution in [2.75, 3.05) is 29.5 Å². The molecule has 0 bridgehead atoms. The van der Waals surface area contributed by atoms with Gasteiger partial charge in [-0.05, 0) is 43.3 Å². The topological polar surface area (TPSA) is 123 Å². The zero-order valence-corrected chi connectivity index (χ0v) is 18.3. The van der Waals surface area contributed by atoms with E-state index in [0.29, 0.717) is 28.2 Å². The van der Waals surface area contributed by atoms with E-state index in [1.54, 1.807) is 24.3 Å². The fourth-order valence-corrected chi connectivity index (χ4v) is 4.08. The van der Waals surface area contributed by atoms with Crippen molar-refractivity contribution < 1.29 is 18.0 Å². The van der Waals surface area contributed by atoms with Gasteiger partial charge in [-0.3, -0.25) is 0 Å². The van der Waals surface area contributed by atoms with Crippen molar-refractivity contribution in [1.82, 2.24) is 25.1 Å². The van der Waals surface area contributed by atoms with Crippen molar-refractivity contribution in [2.45, 2.75) is 18.6 Å². The number of halogens is 3. The minimum Gasteiger partial charge on any atom is -0.383 e. The average Bonchev–Trinajstić information content (AvgIpc) is 3.48. The number of nitrogens with one attached hydrogen (secondary N) is 3. The monoisotopic (exact) mass is 482 g/mol. The molecular weight excluding hydrogens is 461 g/mol. The predicted molar refractivity (Wildman–Crippen MR) is 126 cm³/mol. The number of aromatic nitrogens is 4. The lowest BCUT2D eigenvalue weighted by atomic mass is 10.1. The van der Waals surface area contributed by atoms with E-state index in [4.69, 9.17) is 10.8 Å². The van der Waals surface area contributed by atoms with Crippen LogP contribution in [0.3, 0.4) is 0 Å².